The van der Waals surface area contributed by atoms with Crippen LogP contribution in [-0.2, 0) is 6.54 Å². The van der Waals surface area contributed by atoms with Crippen LogP contribution < -0.4 is 5.32 Å². The van der Waals surface area contributed by atoms with Gasteiger partial charge >= 0.3 is 0 Å². The molecule has 0 aromatic carbocycles. The van der Waals surface area contributed by atoms with Gasteiger partial charge in [-0.3, -0.25) is 0 Å². The van der Waals surface area contributed by atoms with E-state index in [1.54, 1.807) is 28.6 Å². The van der Waals surface area contributed by atoms with Crippen molar-refractivity contribution in [2.24, 2.45) is 0 Å². The number of fused-ring (bicyclic) bond motifs is 1. The fraction of sp³-hybridized carbons (Fsp3) is 0.308. The summed E-state index contributed by atoms with van der Waals surface area (Å²) in [5, 5.41) is 12.6. The second kappa shape index (κ2) is 5.16. The van der Waals surface area contributed by atoms with Crippen LogP contribution in [0.3, 0.4) is 0 Å². The first kappa shape index (κ1) is 12.3. The molecular formula is C13H13N5S2. The van der Waals surface area contributed by atoms with E-state index in [0.717, 1.165) is 21.6 Å². The summed E-state index contributed by atoms with van der Waals surface area (Å²) in [6, 6.07) is 6.77. The van der Waals surface area contributed by atoms with Gasteiger partial charge in [0, 0.05) is 18.8 Å². The topological polar surface area (TPSA) is 55.1 Å². The SMILES string of the molecule is c1ccn2c(CNC3CC3)c(Sc3nncs3)nc2c1. The Kier molecular flexibility index (Phi) is 3.17. The van der Waals surface area contributed by atoms with Crippen LogP contribution in [0.25, 0.3) is 5.65 Å². The monoisotopic (exact) mass is 303 g/mol. The van der Waals surface area contributed by atoms with Crippen molar-refractivity contribution in [3.05, 3.63) is 35.6 Å². The van der Waals surface area contributed by atoms with Gasteiger partial charge in [-0.15, -0.1) is 10.2 Å². The quantitative estimate of drug-likeness (QED) is 0.785. The Hall–Kier alpha value is -1.44. The summed E-state index contributed by atoms with van der Waals surface area (Å²) >= 11 is 3.14. The van der Waals surface area contributed by atoms with Crippen molar-refractivity contribution in [3.8, 4) is 0 Å². The highest BCUT2D eigenvalue weighted by Gasteiger charge is 2.22. The first-order valence-corrected chi connectivity index (χ1v) is 8.23. The summed E-state index contributed by atoms with van der Waals surface area (Å²) in [6.07, 6.45) is 4.64. The predicted octanol–water partition coefficient (Wildman–Crippen LogP) is 2.59. The second-order valence-electron chi connectivity index (χ2n) is 4.75. The summed E-state index contributed by atoms with van der Waals surface area (Å²) in [7, 11) is 0. The van der Waals surface area contributed by atoms with E-state index >= 15 is 0 Å². The zero-order valence-corrected chi connectivity index (χ0v) is 12.3. The number of imidazole rings is 1. The summed E-state index contributed by atoms with van der Waals surface area (Å²) in [4.78, 5) is 4.71. The highest BCUT2D eigenvalue weighted by Crippen LogP contribution is 2.31. The molecule has 0 unspecified atom stereocenters. The van der Waals surface area contributed by atoms with Crippen molar-refractivity contribution in [1.82, 2.24) is 24.9 Å². The zero-order chi connectivity index (χ0) is 13.4. The minimum atomic E-state index is 0.684. The Morgan fingerprint density at radius 1 is 1.40 bits per heavy atom. The van der Waals surface area contributed by atoms with Crippen molar-refractivity contribution in [1.29, 1.82) is 0 Å². The van der Waals surface area contributed by atoms with Gasteiger partial charge in [0.2, 0.25) is 0 Å². The lowest BCUT2D eigenvalue weighted by Crippen LogP contribution is -2.17. The first-order valence-electron chi connectivity index (χ1n) is 6.53. The highest BCUT2D eigenvalue weighted by atomic mass is 32.2. The van der Waals surface area contributed by atoms with E-state index in [9.17, 15) is 0 Å². The minimum Gasteiger partial charge on any atom is -0.308 e. The van der Waals surface area contributed by atoms with Gasteiger partial charge in [0.15, 0.2) is 4.34 Å². The van der Waals surface area contributed by atoms with Gasteiger partial charge in [-0.1, -0.05) is 17.4 Å². The lowest BCUT2D eigenvalue weighted by atomic mass is 10.4. The standard InChI is InChI=1S/C13H13N5S2/c1-2-6-18-10(7-14-9-4-5-9)12(16-11(18)3-1)20-13-17-15-8-19-13/h1-3,6,8-9,14H,4-5,7H2. The maximum absolute atomic E-state index is 4.71. The molecule has 1 aliphatic rings. The molecule has 1 aliphatic carbocycles. The zero-order valence-electron chi connectivity index (χ0n) is 10.7. The summed E-state index contributed by atoms with van der Waals surface area (Å²) in [5.74, 6) is 0. The summed E-state index contributed by atoms with van der Waals surface area (Å²) < 4.78 is 3.08. The number of nitrogens with zero attached hydrogens (tertiary/aromatic N) is 4. The van der Waals surface area contributed by atoms with Crippen LogP contribution in [0.2, 0.25) is 0 Å². The van der Waals surface area contributed by atoms with Crippen molar-refractivity contribution >= 4 is 28.7 Å². The van der Waals surface area contributed by atoms with Crippen molar-refractivity contribution in [3.63, 3.8) is 0 Å². The van der Waals surface area contributed by atoms with Crippen molar-refractivity contribution < 1.29 is 0 Å². The molecule has 7 heteroatoms. The molecule has 3 heterocycles. The Labute approximate surface area is 124 Å². The van der Waals surface area contributed by atoms with Crippen molar-refractivity contribution in [2.45, 2.75) is 34.8 Å². The van der Waals surface area contributed by atoms with Gasteiger partial charge in [0.25, 0.3) is 0 Å². The maximum atomic E-state index is 4.71. The molecule has 0 amide bonds. The van der Waals surface area contributed by atoms with E-state index in [2.05, 4.69) is 26.1 Å². The highest BCUT2D eigenvalue weighted by molar-refractivity contribution is 8.01. The maximum Gasteiger partial charge on any atom is 0.180 e. The molecule has 1 fully saturated rings. The number of hydrogen-bond donors (Lipinski definition) is 1. The molecule has 3 aromatic rings. The Morgan fingerprint density at radius 2 is 2.35 bits per heavy atom. The molecule has 0 saturated heterocycles. The van der Waals surface area contributed by atoms with Gasteiger partial charge in [-0.2, -0.15) is 0 Å². The van der Waals surface area contributed by atoms with Gasteiger partial charge in [-0.05, 0) is 36.7 Å². The van der Waals surface area contributed by atoms with Crippen LogP contribution in [0.15, 0.2) is 39.3 Å². The van der Waals surface area contributed by atoms with Crippen LogP contribution in [-0.4, -0.2) is 25.6 Å². The molecular weight excluding hydrogens is 290 g/mol. The summed E-state index contributed by atoms with van der Waals surface area (Å²) in [5.41, 5.74) is 3.93. The predicted molar refractivity (Wildman–Crippen MR) is 79.1 cm³/mol. The molecule has 4 rings (SSSR count). The molecule has 1 N–H and O–H groups in total. The van der Waals surface area contributed by atoms with Crippen LogP contribution in [0.4, 0.5) is 0 Å². The van der Waals surface area contributed by atoms with E-state index < -0.39 is 0 Å². The molecule has 102 valence electrons. The van der Waals surface area contributed by atoms with Crippen LogP contribution in [0, 0.1) is 0 Å². The van der Waals surface area contributed by atoms with Gasteiger partial charge in [-0.25, -0.2) is 4.98 Å². The van der Waals surface area contributed by atoms with Crippen LogP contribution >= 0.6 is 23.1 Å². The smallest absolute Gasteiger partial charge is 0.180 e. The molecule has 5 nitrogen and oxygen atoms in total. The van der Waals surface area contributed by atoms with Gasteiger partial charge < -0.3 is 9.72 Å². The van der Waals surface area contributed by atoms with Crippen molar-refractivity contribution in [2.75, 3.05) is 0 Å². The molecule has 0 aliphatic heterocycles. The molecule has 20 heavy (non-hydrogen) atoms. The normalized spacial score (nSPS) is 15.0. The first-order chi connectivity index (χ1) is 9.90. The third-order valence-corrected chi connectivity index (χ3v) is 5.05. The third-order valence-electron chi connectivity index (χ3n) is 3.25. The van der Waals surface area contributed by atoms with E-state index in [0.29, 0.717) is 6.04 Å². The van der Waals surface area contributed by atoms with Crippen LogP contribution in [0.5, 0.6) is 0 Å². The minimum absolute atomic E-state index is 0.684. The number of aromatic nitrogens is 4. The molecule has 0 atom stereocenters. The van der Waals surface area contributed by atoms with E-state index in [1.165, 1.54) is 18.5 Å². The molecule has 0 spiro atoms. The fourth-order valence-electron chi connectivity index (χ4n) is 2.09. The van der Waals surface area contributed by atoms with Gasteiger partial charge in [0.05, 0.1) is 5.69 Å². The number of hydrogen-bond acceptors (Lipinski definition) is 6. The number of pyridine rings is 1. The Bertz CT molecular complexity index is 718. The molecule has 0 radical (unpaired) electrons. The number of rotatable bonds is 5. The van der Waals surface area contributed by atoms with E-state index in [1.807, 2.05) is 18.2 Å². The van der Waals surface area contributed by atoms with Gasteiger partial charge in [0.1, 0.15) is 16.2 Å². The Balaban J connectivity index is 1.70. The lowest BCUT2D eigenvalue weighted by molar-refractivity contribution is 0.661. The lowest BCUT2D eigenvalue weighted by Gasteiger charge is -2.05. The molecule has 1 saturated carbocycles. The van der Waals surface area contributed by atoms with E-state index in [4.69, 9.17) is 4.98 Å². The van der Waals surface area contributed by atoms with Crippen LogP contribution in [0.1, 0.15) is 18.5 Å². The Morgan fingerprint density at radius 3 is 3.15 bits per heavy atom. The average molecular weight is 303 g/mol. The molecule has 0 bridgehead atoms. The molecule has 3 aromatic heterocycles. The average Bonchev–Trinajstić information content (AvgIpc) is 3.03. The second-order valence-corrected chi connectivity index (χ2v) is 6.82. The number of nitrogens with one attached hydrogen (secondary N) is 1. The largest absolute Gasteiger partial charge is 0.308 e. The summed E-state index contributed by atoms with van der Waals surface area (Å²) in [6.45, 7) is 0.844. The van der Waals surface area contributed by atoms with E-state index in [-0.39, 0.29) is 0 Å². The third kappa shape index (κ3) is 2.44. The fourth-order valence-corrected chi connectivity index (χ4v) is 3.60.